The van der Waals surface area contributed by atoms with Gasteiger partial charge in [-0.05, 0) is 24.1 Å². The van der Waals surface area contributed by atoms with E-state index in [4.69, 9.17) is 10.5 Å². The number of ether oxygens (including phenoxy) is 1. The van der Waals surface area contributed by atoms with Crippen molar-refractivity contribution in [3.05, 3.63) is 29.8 Å². The van der Waals surface area contributed by atoms with Crippen molar-refractivity contribution in [2.24, 2.45) is 11.1 Å². The molecule has 1 aliphatic heterocycles. The number of rotatable bonds is 5. The van der Waals surface area contributed by atoms with E-state index in [1.807, 2.05) is 24.3 Å². The number of benzene rings is 1. The van der Waals surface area contributed by atoms with Crippen LogP contribution in [0.1, 0.15) is 18.9 Å². The normalized spacial score (nSPS) is 17.0. The molecular formula is C14H20N2O2. The van der Waals surface area contributed by atoms with Crippen molar-refractivity contribution >= 4 is 11.6 Å². The molecule has 4 heteroatoms. The summed E-state index contributed by atoms with van der Waals surface area (Å²) in [6.45, 7) is 3.32. The number of aryl methyl sites for hydroxylation is 1. The minimum Gasteiger partial charge on any atom is -0.379 e. The molecule has 0 atom stereocenters. The topological polar surface area (TPSA) is 64.4 Å². The highest BCUT2D eigenvalue weighted by atomic mass is 16.5. The van der Waals surface area contributed by atoms with Gasteiger partial charge < -0.3 is 15.8 Å². The van der Waals surface area contributed by atoms with Crippen LogP contribution in [0.15, 0.2) is 24.3 Å². The summed E-state index contributed by atoms with van der Waals surface area (Å²) >= 11 is 0. The molecule has 4 nitrogen and oxygen atoms in total. The molecule has 1 amide bonds. The van der Waals surface area contributed by atoms with E-state index >= 15 is 0 Å². The van der Waals surface area contributed by atoms with Gasteiger partial charge in [0.15, 0.2) is 0 Å². The summed E-state index contributed by atoms with van der Waals surface area (Å²) in [6, 6.07) is 7.97. The molecule has 1 heterocycles. The van der Waals surface area contributed by atoms with E-state index in [2.05, 4.69) is 12.2 Å². The maximum atomic E-state index is 12.1. The second-order valence-corrected chi connectivity index (χ2v) is 4.88. The third kappa shape index (κ3) is 2.54. The van der Waals surface area contributed by atoms with Crippen LogP contribution in [0.5, 0.6) is 0 Å². The van der Waals surface area contributed by atoms with Crippen molar-refractivity contribution in [1.29, 1.82) is 0 Å². The average molecular weight is 248 g/mol. The molecule has 1 aromatic carbocycles. The summed E-state index contributed by atoms with van der Waals surface area (Å²) in [5.41, 5.74) is 7.23. The predicted molar refractivity (Wildman–Crippen MR) is 71.4 cm³/mol. The Hall–Kier alpha value is -1.39. The SMILES string of the molecule is CCCc1ccc(NC(=O)C2(CN)COC2)cc1. The summed E-state index contributed by atoms with van der Waals surface area (Å²) < 4.78 is 5.10. The van der Waals surface area contributed by atoms with E-state index < -0.39 is 5.41 Å². The summed E-state index contributed by atoms with van der Waals surface area (Å²) in [5, 5.41) is 2.91. The molecule has 0 aromatic heterocycles. The average Bonchev–Trinajstić information content (AvgIpc) is 2.31. The van der Waals surface area contributed by atoms with Crippen molar-refractivity contribution in [2.45, 2.75) is 19.8 Å². The number of carbonyl (C=O) groups excluding carboxylic acids is 1. The summed E-state index contributed by atoms with van der Waals surface area (Å²) in [6.07, 6.45) is 2.19. The lowest BCUT2D eigenvalue weighted by molar-refractivity contribution is -0.153. The Balaban J connectivity index is 1.98. The molecule has 0 saturated carbocycles. The first-order valence-electron chi connectivity index (χ1n) is 6.38. The zero-order valence-electron chi connectivity index (χ0n) is 10.7. The van der Waals surface area contributed by atoms with Crippen molar-refractivity contribution in [2.75, 3.05) is 25.1 Å². The Morgan fingerprint density at radius 1 is 1.39 bits per heavy atom. The van der Waals surface area contributed by atoms with E-state index in [-0.39, 0.29) is 5.91 Å². The van der Waals surface area contributed by atoms with Crippen LogP contribution in [-0.2, 0) is 16.0 Å². The number of nitrogens with one attached hydrogen (secondary N) is 1. The Morgan fingerprint density at radius 2 is 2.06 bits per heavy atom. The Kier molecular flexibility index (Phi) is 3.99. The molecule has 0 spiro atoms. The number of hydrogen-bond donors (Lipinski definition) is 2. The Labute approximate surface area is 108 Å². The van der Waals surface area contributed by atoms with Gasteiger partial charge in [0.05, 0.1) is 13.2 Å². The molecule has 1 aliphatic rings. The maximum absolute atomic E-state index is 12.1. The highest BCUT2D eigenvalue weighted by molar-refractivity contribution is 5.96. The molecule has 0 aliphatic carbocycles. The molecular weight excluding hydrogens is 228 g/mol. The number of amides is 1. The second kappa shape index (κ2) is 5.50. The zero-order valence-corrected chi connectivity index (χ0v) is 10.7. The third-order valence-electron chi connectivity index (χ3n) is 3.38. The van der Waals surface area contributed by atoms with Crippen LogP contribution in [0.2, 0.25) is 0 Å². The van der Waals surface area contributed by atoms with E-state index in [9.17, 15) is 4.79 Å². The van der Waals surface area contributed by atoms with Crippen molar-refractivity contribution in [3.63, 3.8) is 0 Å². The van der Waals surface area contributed by atoms with E-state index in [1.165, 1.54) is 5.56 Å². The number of hydrogen-bond acceptors (Lipinski definition) is 3. The number of anilines is 1. The van der Waals surface area contributed by atoms with Crippen molar-refractivity contribution in [1.82, 2.24) is 0 Å². The van der Waals surface area contributed by atoms with Crippen molar-refractivity contribution < 1.29 is 9.53 Å². The lowest BCUT2D eigenvalue weighted by Crippen LogP contribution is -2.56. The van der Waals surface area contributed by atoms with Gasteiger partial charge >= 0.3 is 0 Å². The molecule has 1 saturated heterocycles. The third-order valence-corrected chi connectivity index (χ3v) is 3.38. The van der Waals surface area contributed by atoms with Crippen LogP contribution < -0.4 is 11.1 Å². The first kappa shape index (κ1) is 13.1. The molecule has 0 unspecified atom stereocenters. The minimum absolute atomic E-state index is 0.0421. The monoisotopic (exact) mass is 248 g/mol. The number of nitrogens with two attached hydrogens (primary N) is 1. The van der Waals surface area contributed by atoms with Gasteiger partial charge in [0.25, 0.3) is 0 Å². The molecule has 18 heavy (non-hydrogen) atoms. The van der Waals surface area contributed by atoms with Gasteiger partial charge in [-0.15, -0.1) is 0 Å². The molecule has 3 N–H and O–H groups in total. The first-order chi connectivity index (χ1) is 8.70. The molecule has 1 aromatic rings. The standard InChI is InChI=1S/C14H20N2O2/c1-2-3-11-4-6-12(7-5-11)16-13(17)14(8-15)9-18-10-14/h4-7H,2-3,8-10,15H2,1H3,(H,16,17). The number of carbonyl (C=O) groups is 1. The fourth-order valence-corrected chi connectivity index (χ4v) is 2.00. The quantitative estimate of drug-likeness (QED) is 0.831. The largest absolute Gasteiger partial charge is 0.379 e. The smallest absolute Gasteiger partial charge is 0.236 e. The summed E-state index contributed by atoms with van der Waals surface area (Å²) in [4.78, 5) is 12.1. The second-order valence-electron chi connectivity index (χ2n) is 4.88. The highest BCUT2D eigenvalue weighted by Crippen LogP contribution is 2.27. The maximum Gasteiger partial charge on any atom is 0.236 e. The molecule has 2 rings (SSSR count). The summed E-state index contributed by atoms with van der Waals surface area (Å²) in [5.74, 6) is -0.0421. The van der Waals surface area contributed by atoms with Gasteiger partial charge in [-0.1, -0.05) is 25.5 Å². The predicted octanol–water partition coefficient (Wildman–Crippen LogP) is 1.55. The Morgan fingerprint density at radius 3 is 2.50 bits per heavy atom. The van der Waals surface area contributed by atoms with Crippen LogP contribution >= 0.6 is 0 Å². The van der Waals surface area contributed by atoms with Crippen LogP contribution in [0.25, 0.3) is 0 Å². The minimum atomic E-state index is -0.526. The van der Waals surface area contributed by atoms with Crippen LogP contribution in [0.3, 0.4) is 0 Å². The highest BCUT2D eigenvalue weighted by Gasteiger charge is 2.44. The van der Waals surface area contributed by atoms with Gasteiger partial charge in [-0.2, -0.15) is 0 Å². The van der Waals surface area contributed by atoms with Crippen LogP contribution in [-0.4, -0.2) is 25.7 Å². The van der Waals surface area contributed by atoms with Gasteiger partial charge in [-0.25, -0.2) is 0 Å². The molecule has 0 radical (unpaired) electrons. The first-order valence-corrected chi connectivity index (χ1v) is 6.38. The van der Waals surface area contributed by atoms with E-state index in [0.29, 0.717) is 19.8 Å². The van der Waals surface area contributed by atoms with Crippen molar-refractivity contribution in [3.8, 4) is 0 Å². The lowest BCUT2D eigenvalue weighted by atomic mass is 9.85. The van der Waals surface area contributed by atoms with E-state index in [0.717, 1.165) is 18.5 Å². The molecule has 98 valence electrons. The van der Waals surface area contributed by atoms with Crippen LogP contribution in [0.4, 0.5) is 5.69 Å². The van der Waals surface area contributed by atoms with Crippen LogP contribution in [0, 0.1) is 5.41 Å². The fraction of sp³-hybridized carbons (Fsp3) is 0.500. The zero-order chi connectivity index (χ0) is 13.0. The van der Waals surface area contributed by atoms with Gasteiger partial charge in [0, 0.05) is 12.2 Å². The lowest BCUT2D eigenvalue weighted by Gasteiger charge is -2.38. The summed E-state index contributed by atoms with van der Waals surface area (Å²) in [7, 11) is 0. The Bertz CT molecular complexity index is 405. The van der Waals surface area contributed by atoms with Gasteiger partial charge in [0.2, 0.25) is 5.91 Å². The molecule has 1 fully saturated rings. The van der Waals surface area contributed by atoms with E-state index in [1.54, 1.807) is 0 Å². The molecule has 0 bridgehead atoms. The van der Waals surface area contributed by atoms with Gasteiger partial charge in [-0.3, -0.25) is 4.79 Å². The van der Waals surface area contributed by atoms with Gasteiger partial charge in [0.1, 0.15) is 5.41 Å². The fourth-order valence-electron chi connectivity index (χ4n) is 2.00.